The van der Waals surface area contributed by atoms with Crippen LogP contribution in [0.1, 0.15) is 22.9 Å². The summed E-state index contributed by atoms with van der Waals surface area (Å²) in [5.41, 5.74) is 5.00. The highest BCUT2D eigenvalue weighted by Gasteiger charge is 2.52. The number of fused-ring (bicyclic) bond motifs is 4. The summed E-state index contributed by atoms with van der Waals surface area (Å²) in [4.78, 5) is 4.82. The zero-order chi connectivity index (χ0) is 21.8. The third-order valence-electron chi connectivity index (χ3n) is 7.13. The second kappa shape index (κ2) is 7.55. The van der Waals surface area contributed by atoms with Crippen LogP contribution in [0.4, 0.5) is 0 Å². The van der Waals surface area contributed by atoms with Gasteiger partial charge in [-0.15, -0.1) is 0 Å². The molecule has 5 rings (SSSR count). The molecule has 0 amide bonds. The summed E-state index contributed by atoms with van der Waals surface area (Å²) in [6, 6.07) is 14.5. The first-order chi connectivity index (χ1) is 15.0. The molecular formula is C25H31N3O3. The van der Waals surface area contributed by atoms with Crippen LogP contribution in [0.3, 0.4) is 0 Å². The molecule has 0 aliphatic carbocycles. The number of methoxy groups -OCH3 is 2. The molecule has 31 heavy (non-hydrogen) atoms. The summed E-state index contributed by atoms with van der Waals surface area (Å²) in [6.07, 6.45) is 0. The van der Waals surface area contributed by atoms with Crippen LogP contribution in [0.15, 0.2) is 42.5 Å². The number of hydrogen-bond donors (Lipinski definition) is 1. The Morgan fingerprint density at radius 3 is 2.48 bits per heavy atom. The molecule has 6 heteroatoms. The SMILES string of the molecule is COc1ccc2c3c(n(C)c2c1)[C@@H](CO)N(Cc1ccccc1OC)CC31CN(C)C1. The standard InChI is InChI=1S/C25H31N3O3/c1-26-14-25(15-26)16-28(12-17-7-5-6-8-22(17)31-4)21(13-29)24-23(25)19-10-9-18(30-3)11-20(19)27(24)2/h5-11,21,29H,12-16H2,1-4H3/t21-/m1/s1. The minimum absolute atomic E-state index is 0.0614. The molecule has 0 saturated carbocycles. The maximum atomic E-state index is 10.6. The number of rotatable bonds is 5. The Kier molecular flexibility index (Phi) is 4.96. The summed E-state index contributed by atoms with van der Waals surface area (Å²) < 4.78 is 13.4. The van der Waals surface area contributed by atoms with E-state index < -0.39 is 0 Å². The number of aliphatic hydroxyl groups excluding tert-OH is 1. The molecule has 1 atom stereocenters. The third kappa shape index (κ3) is 3.04. The molecule has 0 bridgehead atoms. The smallest absolute Gasteiger partial charge is 0.123 e. The van der Waals surface area contributed by atoms with Gasteiger partial charge in [0.05, 0.1) is 32.4 Å². The van der Waals surface area contributed by atoms with Crippen molar-refractivity contribution in [2.45, 2.75) is 18.0 Å². The maximum Gasteiger partial charge on any atom is 0.123 e. The van der Waals surface area contributed by atoms with Gasteiger partial charge in [0, 0.05) is 61.4 Å². The Balaban J connectivity index is 1.66. The molecule has 0 radical (unpaired) electrons. The molecule has 1 N–H and O–H groups in total. The monoisotopic (exact) mass is 421 g/mol. The number of ether oxygens (including phenoxy) is 2. The lowest BCUT2D eigenvalue weighted by atomic mass is 9.69. The molecule has 1 aromatic heterocycles. The van der Waals surface area contributed by atoms with Gasteiger partial charge in [-0.2, -0.15) is 0 Å². The molecule has 1 saturated heterocycles. The van der Waals surface area contributed by atoms with Crippen molar-refractivity contribution in [2.75, 3.05) is 47.5 Å². The van der Waals surface area contributed by atoms with Crippen molar-refractivity contribution >= 4 is 10.9 Å². The van der Waals surface area contributed by atoms with Gasteiger partial charge >= 0.3 is 0 Å². The van der Waals surface area contributed by atoms with E-state index in [-0.39, 0.29) is 18.1 Å². The third-order valence-corrected chi connectivity index (χ3v) is 7.13. The van der Waals surface area contributed by atoms with Gasteiger partial charge in [0.1, 0.15) is 11.5 Å². The van der Waals surface area contributed by atoms with E-state index in [0.29, 0.717) is 0 Å². The molecule has 2 aliphatic heterocycles. The Morgan fingerprint density at radius 2 is 1.81 bits per heavy atom. The second-order valence-electron chi connectivity index (χ2n) is 9.07. The second-order valence-corrected chi connectivity index (χ2v) is 9.07. The van der Waals surface area contributed by atoms with Crippen LogP contribution in [-0.4, -0.2) is 67.0 Å². The minimum atomic E-state index is -0.0696. The predicted octanol–water partition coefficient (Wildman–Crippen LogP) is 2.93. The van der Waals surface area contributed by atoms with E-state index in [4.69, 9.17) is 9.47 Å². The van der Waals surface area contributed by atoms with Crippen LogP contribution < -0.4 is 9.47 Å². The average Bonchev–Trinajstić information content (AvgIpc) is 3.06. The lowest BCUT2D eigenvalue weighted by molar-refractivity contribution is 0.00265. The van der Waals surface area contributed by atoms with Gasteiger partial charge in [0.2, 0.25) is 0 Å². The van der Waals surface area contributed by atoms with Crippen LogP contribution in [-0.2, 0) is 19.0 Å². The molecule has 1 fully saturated rings. The number of aliphatic hydroxyl groups is 1. The van der Waals surface area contributed by atoms with Crippen LogP contribution in [0.2, 0.25) is 0 Å². The van der Waals surface area contributed by atoms with Crippen molar-refractivity contribution < 1.29 is 14.6 Å². The minimum Gasteiger partial charge on any atom is -0.497 e. The number of benzene rings is 2. The summed E-state index contributed by atoms with van der Waals surface area (Å²) >= 11 is 0. The van der Waals surface area contributed by atoms with Crippen LogP contribution in [0, 0.1) is 0 Å². The van der Waals surface area contributed by atoms with Gasteiger partial charge in [-0.25, -0.2) is 0 Å². The van der Waals surface area contributed by atoms with Gasteiger partial charge < -0.3 is 24.0 Å². The van der Waals surface area contributed by atoms with Gasteiger partial charge in [-0.3, -0.25) is 4.90 Å². The fourth-order valence-corrected chi connectivity index (χ4v) is 5.93. The summed E-state index contributed by atoms with van der Waals surface area (Å²) in [5.74, 6) is 1.75. The molecule has 3 aromatic rings. The Hall–Kier alpha value is -2.54. The summed E-state index contributed by atoms with van der Waals surface area (Å²) in [6.45, 7) is 3.77. The molecule has 0 unspecified atom stereocenters. The normalized spacial score (nSPS) is 20.6. The number of hydrogen-bond acceptors (Lipinski definition) is 5. The number of likely N-dealkylation sites (N-methyl/N-ethyl adjacent to an activating group) is 1. The average molecular weight is 422 g/mol. The van der Waals surface area contributed by atoms with Crippen LogP contribution in [0.5, 0.6) is 11.5 Å². The van der Waals surface area contributed by atoms with Gasteiger partial charge in [0.15, 0.2) is 0 Å². The number of aromatic nitrogens is 1. The maximum absolute atomic E-state index is 10.6. The van der Waals surface area contributed by atoms with E-state index in [0.717, 1.165) is 48.8 Å². The fourth-order valence-electron chi connectivity index (χ4n) is 5.93. The molecular weight excluding hydrogens is 390 g/mol. The van der Waals surface area contributed by atoms with Crippen molar-refractivity contribution in [3.8, 4) is 11.5 Å². The van der Waals surface area contributed by atoms with Gasteiger partial charge in [-0.1, -0.05) is 18.2 Å². The van der Waals surface area contributed by atoms with E-state index in [9.17, 15) is 5.11 Å². The number of likely N-dealkylation sites (tertiary alicyclic amines) is 1. The lowest BCUT2D eigenvalue weighted by Crippen LogP contribution is -2.65. The van der Waals surface area contributed by atoms with Crippen molar-refractivity contribution in [1.29, 1.82) is 0 Å². The van der Waals surface area contributed by atoms with E-state index in [1.54, 1.807) is 14.2 Å². The van der Waals surface area contributed by atoms with E-state index in [1.807, 2.05) is 18.2 Å². The zero-order valence-electron chi connectivity index (χ0n) is 18.8. The molecule has 1 spiro atoms. The molecule has 2 aliphatic rings. The predicted molar refractivity (Wildman–Crippen MR) is 122 cm³/mol. The highest BCUT2D eigenvalue weighted by molar-refractivity contribution is 5.89. The van der Waals surface area contributed by atoms with E-state index in [2.05, 4.69) is 52.7 Å². The van der Waals surface area contributed by atoms with Crippen molar-refractivity contribution in [2.24, 2.45) is 7.05 Å². The quantitative estimate of drug-likeness (QED) is 0.687. The van der Waals surface area contributed by atoms with Gasteiger partial charge in [-0.05, 0) is 30.8 Å². The van der Waals surface area contributed by atoms with Crippen molar-refractivity contribution in [3.63, 3.8) is 0 Å². The zero-order valence-corrected chi connectivity index (χ0v) is 18.8. The number of para-hydroxylation sites is 1. The van der Waals surface area contributed by atoms with Crippen molar-refractivity contribution in [1.82, 2.24) is 14.4 Å². The molecule has 6 nitrogen and oxygen atoms in total. The first-order valence-electron chi connectivity index (χ1n) is 10.8. The number of nitrogens with zero attached hydrogens (tertiary/aromatic N) is 3. The fraction of sp³-hybridized carbons (Fsp3) is 0.440. The largest absolute Gasteiger partial charge is 0.497 e. The Morgan fingerprint density at radius 1 is 1.03 bits per heavy atom. The van der Waals surface area contributed by atoms with Gasteiger partial charge in [0.25, 0.3) is 0 Å². The van der Waals surface area contributed by atoms with Crippen LogP contribution in [0.25, 0.3) is 10.9 Å². The molecule has 3 heterocycles. The topological polar surface area (TPSA) is 50.1 Å². The number of aryl methyl sites for hydroxylation is 1. The van der Waals surface area contributed by atoms with E-state index in [1.165, 1.54) is 16.6 Å². The summed E-state index contributed by atoms with van der Waals surface area (Å²) in [7, 11) is 7.72. The van der Waals surface area contributed by atoms with Crippen LogP contribution >= 0.6 is 0 Å². The lowest BCUT2D eigenvalue weighted by Gasteiger charge is -2.55. The highest BCUT2D eigenvalue weighted by Crippen LogP contribution is 2.49. The Bertz CT molecular complexity index is 1120. The van der Waals surface area contributed by atoms with Crippen molar-refractivity contribution in [3.05, 3.63) is 59.3 Å². The first-order valence-corrected chi connectivity index (χ1v) is 10.8. The highest BCUT2D eigenvalue weighted by atomic mass is 16.5. The summed E-state index contributed by atoms with van der Waals surface area (Å²) in [5, 5.41) is 11.8. The Labute approximate surface area is 183 Å². The molecule has 2 aromatic carbocycles. The molecule has 164 valence electrons. The van der Waals surface area contributed by atoms with E-state index >= 15 is 0 Å². The first kappa shape index (κ1) is 20.4.